The average molecular weight is 386 g/mol. The minimum absolute atomic E-state index is 0.0575. The van der Waals surface area contributed by atoms with Crippen LogP contribution in [0.5, 0.6) is 0 Å². The molecule has 2 heterocycles. The first kappa shape index (κ1) is 20.5. The Labute approximate surface area is 166 Å². The van der Waals surface area contributed by atoms with E-state index in [2.05, 4.69) is 9.88 Å². The number of benzene rings is 1. The van der Waals surface area contributed by atoms with Gasteiger partial charge in [-0.1, -0.05) is 6.07 Å². The van der Waals surface area contributed by atoms with E-state index in [1.807, 2.05) is 50.5 Å². The van der Waals surface area contributed by atoms with Crippen LogP contribution in [-0.4, -0.2) is 45.7 Å². The zero-order valence-corrected chi connectivity index (χ0v) is 17.4. The number of hydrogen-bond donors (Lipinski definition) is 0. The second-order valence-electron chi connectivity index (χ2n) is 8.82. The quantitative estimate of drug-likeness (QED) is 0.740. The van der Waals surface area contributed by atoms with Gasteiger partial charge in [0.05, 0.1) is 17.2 Å². The maximum Gasteiger partial charge on any atom is 0.306 e. The molecule has 1 aliphatic rings. The van der Waals surface area contributed by atoms with Crippen molar-refractivity contribution in [3.05, 3.63) is 40.3 Å². The Bertz CT molecular complexity index is 890. The van der Waals surface area contributed by atoms with Crippen molar-refractivity contribution in [3.8, 4) is 0 Å². The molecule has 3 rings (SSSR count). The predicted molar refractivity (Wildman–Crippen MR) is 110 cm³/mol. The van der Waals surface area contributed by atoms with E-state index >= 15 is 0 Å². The number of carbonyl (C=O) groups excluding carboxylic acids is 1. The molecule has 1 aromatic heterocycles. The Balaban J connectivity index is 1.54. The van der Waals surface area contributed by atoms with Gasteiger partial charge in [-0.3, -0.25) is 9.59 Å². The summed E-state index contributed by atoms with van der Waals surface area (Å²) in [5.41, 5.74) is 2.39. The number of likely N-dealkylation sites (tertiary alicyclic amines) is 1. The van der Waals surface area contributed by atoms with Crippen LogP contribution in [-0.2, 0) is 16.1 Å². The first-order valence-corrected chi connectivity index (χ1v) is 10.1. The molecule has 0 aliphatic carbocycles. The standard InChI is InChI=1S/C22H31N3O3/c1-16-5-6-18-19(13-16)25(20(26)15-23-18)12-11-24-9-7-17(8-10-24)14-21(27)28-22(2,3)4/h5-6,13,15,17H,7-12,14H2,1-4H3. The Hall–Kier alpha value is -2.21. The van der Waals surface area contributed by atoms with Gasteiger partial charge in [-0.2, -0.15) is 0 Å². The number of rotatable bonds is 5. The molecule has 152 valence electrons. The van der Waals surface area contributed by atoms with Crippen LogP contribution in [0, 0.1) is 12.8 Å². The van der Waals surface area contributed by atoms with Gasteiger partial charge in [-0.15, -0.1) is 0 Å². The lowest BCUT2D eigenvalue weighted by atomic mass is 9.93. The molecule has 0 atom stereocenters. The molecule has 0 radical (unpaired) electrons. The number of piperidine rings is 1. The van der Waals surface area contributed by atoms with E-state index in [9.17, 15) is 9.59 Å². The number of esters is 1. The largest absolute Gasteiger partial charge is 0.460 e. The number of ether oxygens (including phenoxy) is 1. The van der Waals surface area contributed by atoms with Crippen LogP contribution in [0.3, 0.4) is 0 Å². The van der Waals surface area contributed by atoms with Crippen LogP contribution in [0.25, 0.3) is 11.0 Å². The molecule has 0 bridgehead atoms. The molecule has 28 heavy (non-hydrogen) atoms. The van der Waals surface area contributed by atoms with E-state index in [-0.39, 0.29) is 11.5 Å². The molecule has 0 saturated carbocycles. The first-order valence-electron chi connectivity index (χ1n) is 10.1. The molecule has 1 aromatic carbocycles. The van der Waals surface area contributed by atoms with Crippen molar-refractivity contribution in [3.63, 3.8) is 0 Å². The first-order chi connectivity index (χ1) is 13.2. The Morgan fingerprint density at radius 1 is 1.21 bits per heavy atom. The summed E-state index contributed by atoms with van der Waals surface area (Å²) in [6.07, 6.45) is 3.89. The fraction of sp³-hybridized carbons (Fsp3) is 0.591. The van der Waals surface area contributed by atoms with Gasteiger partial charge in [0.15, 0.2) is 0 Å². The highest BCUT2D eigenvalue weighted by atomic mass is 16.6. The van der Waals surface area contributed by atoms with Gasteiger partial charge in [-0.25, -0.2) is 4.98 Å². The van der Waals surface area contributed by atoms with Gasteiger partial charge >= 0.3 is 5.97 Å². The highest BCUT2D eigenvalue weighted by Crippen LogP contribution is 2.22. The molecule has 6 nitrogen and oxygen atoms in total. The summed E-state index contributed by atoms with van der Waals surface area (Å²) in [5, 5.41) is 0. The summed E-state index contributed by atoms with van der Waals surface area (Å²) in [7, 11) is 0. The molecule has 1 saturated heterocycles. The third-order valence-electron chi connectivity index (χ3n) is 5.22. The minimum Gasteiger partial charge on any atom is -0.460 e. The number of aromatic nitrogens is 2. The second kappa shape index (κ2) is 8.43. The summed E-state index contributed by atoms with van der Waals surface area (Å²) in [6, 6.07) is 6.00. The number of hydrogen-bond acceptors (Lipinski definition) is 5. The van der Waals surface area contributed by atoms with Crippen LogP contribution >= 0.6 is 0 Å². The minimum atomic E-state index is -0.420. The summed E-state index contributed by atoms with van der Waals surface area (Å²) in [5.74, 6) is 0.286. The van der Waals surface area contributed by atoms with Crippen molar-refractivity contribution in [2.45, 2.75) is 59.1 Å². The normalized spacial score (nSPS) is 16.4. The van der Waals surface area contributed by atoms with E-state index < -0.39 is 5.60 Å². The van der Waals surface area contributed by atoms with E-state index in [1.54, 1.807) is 0 Å². The monoisotopic (exact) mass is 385 g/mol. The van der Waals surface area contributed by atoms with Crippen LogP contribution in [0.1, 0.15) is 45.6 Å². The third kappa shape index (κ3) is 5.41. The van der Waals surface area contributed by atoms with Gasteiger partial charge < -0.3 is 14.2 Å². The van der Waals surface area contributed by atoms with Crippen molar-refractivity contribution in [2.24, 2.45) is 5.92 Å². The maximum absolute atomic E-state index is 12.3. The van der Waals surface area contributed by atoms with Crippen LogP contribution in [0.15, 0.2) is 29.2 Å². The Morgan fingerprint density at radius 3 is 2.61 bits per heavy atom. The zero-order chi connectivity index (χ0) is 20.3. The van der Waals surface area contributed by atoms with Crippen molar-refractivity contribution in [1.29, 1.82) is 0 Å². The number of fused-ring (bicyclic) bond motifs is 1. The fourth-order valence-electron chi connectivity index (χ4n) is 3.78. The van der Waals surface area contributed by atoms with E-state index in [4.69, 9.17) is 4.74 Å². The summed E-state index contributed by atoms with van der Waals surface area (Å²) in [6.45, 7) is 11.1. The highest BCUT2D eigenvalue weighted by Gasteiger charge is 2.24. The van der Waals surface area contributed by atoms with Crippen molar-refractivity contribution >= 4 is 17.0 Å². The number of nitrogens with zero attached hydrogens (tertiary/aromatic N) is 3. The summed E-state index contributed by atoms with van der Waals surface area (Å²) >= 11 is 0. The molecule has 1 fully saturated rings. The smallest absolute Gasteiger partial charge is 0.306 e. The lowest BCUT2D eigenvalue weighted by molar-refractivity contribution is -0.156. The van der Waals surface area contributed by atoms with Crippen LogP contribution in [0.2, 0.25) is 0 Å². The Morgan fingerprint density at radius 2 is 1.93 bits per heavy atom. The van der Waals surface area contributed by atoms with Crippen molar-refractivity contribution < 1.29 is 9.53 Å². The maximum atomic E-state index is 12.3. The summed E-state index contributed by atoms with van der Waals surface area (Å²) < 4.78 is 7.26. The van der Waals surface area contributed by atoms with Gasteiger partial charge in [0.2, 0.25) is 0 Å². The SMILES string of the molecule is Cc1ccc2ncc(=O)n(CCN3CCC(CC(=O)OC(C)(C)C)CC3)c2c1. The molecule has 2 aromatic rings. The van der Waals surface area contributed by atoms with Crippen LogP contribution < -0.4 is 5.56 Å². The zero-order valence-electron chi connectivity index (χ0n) is 17.4. The topological polar surface area (TPSA) is 64.4 Å². The molecule has 6 heteroatoms. The van der Waals surface area contributed by atoms with E-state index in [0.717, 1.165) is 49.1 Å². The van der Waals surface area contributed by atoms with Gasteiger partial charge in [0.1, 0.15) is 5.60 Å². The van der Waals surface area contributed by atoms with Crippen molar-refractivity contribution in [2.75, 3.05) is 19.6 Å². The lowest BCUT2D eigenvalue weighted by Crippen LogP contribution is -2.38. The van der Waals surface area contributed by atoms with Crippen LogP contribution in [0.4, 0.5) is 0 Å². The summed E-state index contributed by atoms with van der Waals surface area (Å²) in [4.78, 5) is 31.0. The van der Waals surface area contributed by atoms with E-state index in [1.165, 1.54) is 6.20 Å². The third-order valence-corrected chi connectivity index (χ3v) is 5.22. The molecular weight excluding hydrogens is 354 g/mol. The predicted octanol–water partition coefficient (Wildman–Crippen LogP) is 3.15. The molecule has 0 N–H and O–H groups in total. The fourth-order valence-corrected chi connectivity index (χ4v) is 3.78. The van der Waals surface area contributed by atoms with Gasteiger partial charge in [0.25, 0.3) is 5.56 Å². The van der Waals surface area contributed by atoms with Gasteiger partial charge in [-0.05, 0) is 77.2 Å². The molecule has 0 amide bonds. The van der Waals surface area contributed by atoms with Gasteiger partial charge in [0, 0.05) is 19.5 Å². The number of carbonyl (C=O) groups is 1. The van der Waals surface area contributed by atoms with Crippen molar-refractivity contribution in [1.82, 2.24) is 14.5 Å². The Kier molecular flexibility index (Phi) is 6.18. The van der Waals surface area contributed by atoms with E-state index in [0.29, 0.717) is 18.9 Å². The molecule has 1 aliphatic heterocycles. The highest BCUT2D eigenvalue weighted by molar-refractivity contribution is 5.75. The molecular formula is C22H31N3O3. The molecule has 0 spiro atoms. The number of aryl methyl sites for hydroxylation is 1. The second-order valence-corrected chi connectivity index (χ2v) is 8.82. The molecule has 0 unspecified atom stereocenters. The lowest BCUT2D eigenvalue weighted by Gasteiger charge is -2.32. The average Bonchev–Trinajstić information content (AvgIpc) is 2.60.